The van der Waals surface area contributed by atoms with E-state index in [1.54, 1.807) is 20.5 Å². The molecular formula is C25H28O5. The van der Waals surface area contributed by atoms with E-state index in [1.165, 1.54) is 11.1 Å². The van der Waals surface area contributed by atoms with Crippen LogP contribution in [0.2, 0.25) is 0 Å². The third-order valence-corrected chi connectivity index (χ3v) is 6.14. The molecule has 0 N–H and O–H groups in total. The second-order valence-electron chi connectivity index (χ2n) is 7.92. The van der Waals surface area contributed by atoms with E-state index < -0.39 is 0 Å². The molecule has 0 saturated heterocycles. The summed E-state index contributed by atoms with van der Waals surface area (Å²) in [7, 11) is 3.18. The number of Topliss-reactive ketones (excluding diaryl/α,β-unsaturated/α-hetero) is 1. The van der Waals surface area contributed by atoms with Crippen molar-refractivity contribution in [3.8, 4) is 11.5 Å². The normalized spacial score (nSPS) is 23.2. The Hall–Kier alpha value is -2.79. The molecule has 1 fully saturated rings. The first-order chi connectivity index (χ1) is 14.6. The number of fused-ring (bicyclic) bond motifs is 1. The topological polar surface area (TPSA) is 54.0 Å². The summed E-state index contributed by atoms with van der Waals surface area (Å²) in [5.74, 6) is 1.24. The molecule has 1 aliphatic carbocycles. The number of hydrogen-bond acceptors (Lipinski definition) is 5. The monoisotopic (exact) mass is 408 g/mol. The SMILES string of the molecule is COc1ccc(C2=COC3CC(OCc4ccccc4C)CCC3C2=O)cc1OC. The molecule has 1 aliphatic heterocycles. The van der Waals surface area contributed by atoms with E-state index in [0.29, 0.717) is 23.7 Å². The summed E-state index contributed by atoms with van der Waals surface area (Å²) in [5, 5.41) is 0. The first kappa shape index (κ1) is 20.5. The van der Waals surface area contributed by atoms with Crippen molar-refractivity contribution in [3.05, 3.63) is 65.4 Å². The van der Waals surface area contributed by atoms with E-state index in [-0.39, 0.29) is 23.9 Å². The fraction of sp³-hybridized carbons (Fsp3) is 0.400. The number of allylic oxidation sites excluding steroid dienone is 1. The van der Waals surface area contributed by atoms with Gasteiger partial charge in [-0.25, -0.2) is 0 Å². The van der Waals surface area contributed by atoms with Crippen molar-refractivity contribution in [2.75, 3.05) is 14.2 Å². The molecule has 0 amide bonds. The lowest BCUT2D eigenvalue weighted by Gasteiger charge is -2.37. The molecular weight excluding hydrogens is 380 g/mol. The van der Waals surface area contributed by atoms with Crippen molar-refractivity contribution in [1.82, 2.24) is 0 Å². The van der Waals surface area contributed by atoms with Gasteiger partial charge in [0.1, 0.15) is 6.10 Å². The van der Waals surface area contributed by atoms with Crippen molar-refractivity contribution in [2.24, 2.45) is 5.92 Å². The smallest absolute Gasteiger partial charge is 0.173 e. The summed E-state index contributed by atoms with van der Waals surface area (Å²) < 4.78 is 22.8. The van der Waals surface area contributed by atoms with Crippen LogP contribution >= 0.6 is 0 Å². The van der Waals surface area contributed by atoms with Gasteiger partial charge in [0, 0.05) is 6.42 Å². The van der Waals surface area contributed by atoms with Crippen LogP contribution in [0.5, 0.6) is 11.5 Å². The highest BCUT2D eigenvalue weighted by Gasteiger charge is 2.40. The lowest BCUT2D eigenvalue weighted by Crippen LogP contribution is -2.41. The molecule has 2 aromatic rings. The van der Waals surface area contributed by atoms with Crippen molar-refractivity contribution in [3.63, 3.8) is 0 Å². The third kappa shape index (κ3) is 4.08. The Morgan fingerprint density at radius 3 is 2.60 bits per heavy atom. The van der Waals surface area contributed by atoms with E-state index in [2.05, 4.69) is 19.1 Å². The Kier molecular flexibility index (Phi) is 6.09. The number of carbonyl (C=O) groups is 1. The first-order valence-corrected chi connectivity index (χ1v) is 10.4. The standard InChI is InChI=1S/C25H28O5/c1-16-6-4-5-7-18(16)14-29-19-9-10-20-23(13-19)30-15-21(25(20)26)17-8-11-22(27-2)24(12-17)28-3/h4-8,11-12,15,19-20,23H,9-10,13-14H2,1-3H3. The first-order valence-electron chi connectivity index (χ1n) is 10.4. The van der Waals surface area contributed by atoms with Gasteiger partial charge in [-0.15, -0.1) is 0 Å². The molecule has 1 heterocycles. The Balaban J connectivity index is 1.43. The van der Waals surface area contributed by atoms with Gasteiger partial charge >= 0.3 is 0 Å². The van der Waals surface area contributed by atoms with Gasteiger partial charge in [-0.05, 0) is 48.6 Å². The quantitative estimate of drug-likeness (QED) is 0.693. The van der Waals surface area contributed by atoms with Gasteiger partial charge in [-0.3, -0.25) is 4.79 Å². The molecule has 2 aromatic carbocycles. The third-order valence-electron chi connectivity index (χ3n) is 6.14. The Labute approximate surface area is 177 Å². The van der Waals surface area contributed by atoms with Crippen LogP contribution in [-0.4, -0.2) is 32.2 Å². The maximum atomic E-state index is 13.2. The van der Waals surface area contributed by atoms with Crippen LogP contribution in [0.3, 0.4) is 0 Å². The molecule has 5 heteroatoms. The second kappa shape index (κ2) is 8.92. The van der Waals surface area contributed by atoms with Crippen molar-refractivity contribution in [2.45, 2.75) is 45.0 Å². The molecule has 2 aliphatic rings. The zero-order chi connectivity index (χ0) is 21.1. The summed E-state index contributed by atoms with van der Waals surface area (Å²) in [4.78, 5) is 13.2. The Morgan fingerprint density at radius 1 is 1.03 bits per heavy atom. The molecule has 30 heavy (non-hydrogen) atoms. The molecule has 0 bridgehead atoms. The van der Waals surface area contributed by atoms with E-state index in [9.17, 15) is 4.79 Å². The Morgan fingerprint density at radius 2 is 1.83 bits per heavy atom. The zero-order valence-electron chi connectivity index (χ0n) is 17.7. The molecule has 0 radical (unpaired) electrons. The van der Waals surface area contributed by atoms with Gasteiger partial charge < -0.3 is 18.9 Å². The Bertz CT molecular complexity index is 948. The summed E-state index contributed by atoms with van der Waals surface area (Å²) in [5.41, 5.74) is 3.82. The van der Waals surface area contributed by atoms with Crippen LogP contribution in [0.1, 0.15) is 36.0 Å². The minimum Gasteiger partial charge on any atom is -0.496 e. The van der Waals surface area contributed by atoms with Crippen molar-refractivity contribution < 1.29 is 23.7 Å². The number of carbonyl (C=O) groups excluding carboxylic acids is 1. The van der Waals surface area contributed by atoms with Gasteiger partial charge in [0.2, 0.25) is 0 Å². The van der Waals surface area contributed by atoms with E-state index in [4.69, 9.17) is 18.9 Å². The van der Waals surface area contributed by atoms with Crippen molar-refractivity contribution in [1.29, 1.82) is 0 Å². The largest absolute Gasteiger partial charge is 0.496 e. The molecule has 1 saturated carbocycles. The number of aryl methyl sites for hydroxylation is 1. The van der Waals surface area contributed by atoms with Crippen LogP contribution in [0.4, 0.5) is 0 Å². The highest BCUT2D eigenvalue weighted by molar-refractivity contribution is 6.22. The lowest BCUT2D eigenvalue weighted by atomic mass is 9.78. The van der Waals surface area contributed by atoms with Gasteiger partial charge in [0.05, 0.1) is 44.7 Å². The number of benzene rings is 2. The van der Waals surface area contributed by atoms with Crippen LogP contribution in [0.25, 0.3) is 5.57 Å². The van der Waals surface area contributed by atoms with Crippen LogP contribution in [-0.2, 0) is 20.9 Å². The molecule has 0 aromatic heterocycles. The maximum Gasteiger partial charge on any atom is 0.173 e. The predicted octanol–water partition coefficient (Wildman–Crippen LogP) is 4.71. The lowest BCUT2D eigenvalue weighted by molar-refractivity contribution is -0.128. The number of ether oxygens (including phenoxy) is 4. The van der Waals surface area contributed by atoms with Crippen molar-refractivity contribution >= 4 is 11.4 Å². The number of ketones is 1. The summed E-state index contributed by atoms with van der Waals surface area (Å²) >= 11 is 0. The minimum atomic E-state index is -0.128. The predicted molar refractivity (Wildman–Crippen MR) is 115 cm³/mol. The highest BCUT2D eigenvalue weighted by atomic mass is 16.5. The molecule has 3 atom stereocenters. The number of methoxy groups -OCH3 is 2. The van der Waals surface area contributed by atoms with Gasteiger partial charge in [0.25, 0.3) is 0 Å². The molecule has 4 rings (SSSR count). The second-order valence-corrected chi connectivity index (χ2v) is 7.92. The van der Waals surface area contributed by atoms with E-state index in [0.717, 1.165) is 24.8 Å². The van der Waals surface area contributed by atoms with Crippen LogP contribution in [0.15, 0.2) is 48.7 Å². The fourth-order valence-corrected chi connectivity index (χ4v) is 4.30. The maximum absolute atomic E-state index is 13.2. The molecule has 158 valence electrons. The average Bonchev–Trinajstić information content (AvgIpc) is 2.78. The van der Waals surface area contributed by atoms with Crippen LogP contribution < -0.4 is 9.47 Å². The van der Waals surface area contributed by atoms with Gasteiger partial charge in [0.15, 0.2) is 17.3 Å². The van der Waals surface area contributed by atoms with Gasteiger partial charge in [-0.1, -0.05) is 30.3 Å². The molecule has 0 spiro atoms. The minimum absolute atomic E-state index is 0.106. The van der Waals surface area contributed by atoms with E-state index >= 15 is 0 Å². The summed E-state index contributed by atoms with van der Waals surface area (Å²) in [6.45, 7) is 2.69. The van der Waals surface area contributed by atoms with Crippen LogP contribution in [0, 0.1) is 12.8 Å². The van der Waals surface area contributed by atoms with Gasteiger partial charge in [-0.2, -0.15) is 0 Å². The summed E-state index contributed by atoms with van der Waals surface area (Å²) in [6.07, 6.45) is 3.95. The zero-order valence-corrected chi connectivity index (χ0v) is 17.7. The van der Waals surface area contributed by atoms with E-state index in [1.807, 2.05) is 30.3 Å². The average molecular weight is 408 g/mol. The summed E-state index contributed by atoms with van der Waals surface area (Å²) in [6, 6.07) is 13.8. The molecule has 3 unspecified atom stereocenters. The highest BCUT2D eigenvalue weighted by Crippen LogP contribution is 2.39. The molecule has 5 nitrogen and oxygen atoms in total. The fourth-order valence-electron chi connectivity index (χ4n) is 4.30. The number of hydrogen-bond donors (Lipinski definition) is 0. The number of rotatable bonds is 6.